The number of carbonyl (C=O) groups is 11. The van der Waals surface area contributed by atoms with Gasteiger partial charge >= 0.3 is 0 Å². The lowest BCUT2D eigenvalue weighted by Gasteiger charge is -2.41. The lowest BCUT2D eigenvalue weighted by molar-refractivity contribution is -0.157. The third-order valence-corrected chi connectivity index (χ3v) is 19.9. The van der Waals surface area contributed by atoms with Gasteiger partial charge in [0, 0.05) is 61.8 Å². The molecule has 0 radical (unpaired) electrons. The van der Waals surface area contributed by atoms with Crippen LogP contribution in [0.4, 0.5) is 0 Å². The highest BCUT2D eigenvalue weighted by atomic mass is 32.2. The molecule has 562 valence electrons. The lowest BCUT2D eigenvalue weighted by atomic mass is 9.91. The molecular formula is C72H130N12O13S. The van der Waals surface area contributed by atoms with Crippen molar-refractivity contribution in [3.8, 4) is 0 Å². The number of nitrogens with one attached hydrogen (secondary N) is 4. The summed E-state index contributed by atoms with van der Waals surface area (Å²) in [5.41, 5.74) is -1.11. The predicted molar refractivity (Wildman–Crippen MR) is 388 cm³/mol. The Bertz CT molecular complexity index is 2690. The van der Waals surface area contributed by atoms with Gasteiger partial charge in [-0.2, -0.15) is 0 Å². The number of carbonyl (C=O) groups excluding carboxylic acids is 11. The van der Waals surface area contributed by atoms with Crippen molar-refractivity contribution in [3.05, 3.63) is 24.8 Å². The third kappa shape index (κ3) is 26.1. The normalized spacial score (nSPS) is 25.9. The molecule has 1 rings (SSSR count). The fourth-order valence-corrected chi connectivity index (χ4v) is 13.1. The van der Waals surface area contributed by atoms with E-state index in [0.29, 0.717) is 18.7 Å². The van der Waals surface area contributed by atoms with Crippen molar-refractivity contribution in [2.75, 3.05) is 75.3 Å². The van der Waals surface area contributed by atoms with Crippen LogP contribution in [0.25, 0.3) is 0 Å². The molecule has 1 aliphatic rings. The number of likely N-dealkylation sites (N-methyl/N-ethyl adjacent to an activating group) is 7. The van der Waals surface area contributed by atoms with Crippen molar-refractivity contribution in [1.82, 2.24) is 60.5 Å². The van der Waals surface area contributed by atoms with E-state index in [-0.39, 0.29) is 68.9 Å². The van der Waals surface area contributed by atoms with Crippen molar-refractivity contribution in [1.29, 1.82) is 0 Å². The molecule has 0 aliphatic carbocycles. The van der Waals surface area contributed by atoms with Crippen LogP contribution in [0, 0.1) is 35.5 Å². The van der Waals surface area contributed by atoms with Gasteiger partial charge < -0.3 is 70.3 Å². The highest BCUT2D eigenvalue weighted by Gasteiger charge is 2.47. The summed E-state index contributed by atoms with van der Waals surface area (Å²) < 4.78 is 6.17. The van der Waals surface area contributed by atoms with Gasteiger partial charge in [-0.1, -0.05) is 101 Å². The highest BCUT2D eigenvalue weighted by molar-refractivity contribution is 8.00. The van der Waals surface area contributed by atoms with Gasteiger partial charge in [0.15, 0.2) is 5.37 Å². The van der Waals surface area contributed by atoms with Crippen LogP contribution in [-0.4, -0.2) is 268 Å². The van der Waals surface area contributed by atoms with Gasteiger partial charge in [-0.3, -0.25) is 52.7 Å². The number of hydrogen-bond donors (Lipinski definition) is 5. The maximum atomic E-state index is 15.6. The summed E-state index contributed by atoms with van der Waals surface area (Å²) in [7, 11) is 12.0. The predicted octanol–water partition coefficient (Wildman–Crippen LogP) is 5.38. The molecule has 25 nitrogen and oxygen atoms in total. The SMILES string of the molecule is C=CCOC(C)(C)C[C@H]1C(=O)N[C@@H](C(C)C)C(=O)N(C)[C@@H](CC(C)C)C(=O)N[C@@H](C)C(=O)N[C@H](C)C(=O)N(C)[C@@H](CC(C)C)C(=O)N(C)[C@@H](CC(C)C)C(=O)N(C)[C@@H](C(C)C)C(=O)N(C)[C@@H]([C@H](O)[C@H](C)C/C=C/C)C(=O)N[C@@H](CC)C(=O)N(C)[C@H](SCCCN(C)C(C)C)C(=O)N1C. The van der Waals surface area contributed by atoms with Crippen LogP contribution in [0.15, 0.2) is 24.8 Å². The van der Waals surface area contributed by atoms with Crippen molar-refractivity contribution in [2.45, 2.75) is 260 Å². The number of nitrogens with zero attached hydrogens (tertiary/aromatic N) is 8. The minimum Gasteiger partial charge on any atom is -0.390 e. The monoisotopic (exact) mass is 1400 g/mol. The van der Waals surface area contributed by atoms with Gasteiger partial charge in [0.1, 0.15) is 60.4 Å². The Morgan fingerprint density at radius 3 is 1.51 bits per heavy atom. The molecule has 5 N–H and O–H groups in total. The molecule has 1 heterocycles. The molecular weight excluding hydrogens is 1270 g/mol. The molecule has 0 bridgehead atoms. The molecule has 11 amide bonds. The first kappa shape index (κ1) is 89.9. The average Bonchev–Trinajstić information content (AvgIpc) is 0.805. The zero-order valence-electron chi connectivity index (χ0n) is 64.8. The van der Waals surface area contributed by atoms with Gasteiger partial charge in [0.25, 0.3) is 5.91 Å². The van der Waals surface area contributed by atoms with Crippen LogP contribution in [-0.2, 0) is 57.5 Å². The lowest BCUT2D eigenvalue weighted by Crippen LogP contribution is -2.64. The first-order chi connectivity index (χ1) is 45.3. The summed E-state index contributed by atoms with van der Waals surface area (Å²) in [4.78, 5) is 176. The van der Waals surface area contributed by atoms with Gasteiger partial charge in [0.05, 0.1) is 18.3 Å². The molecule has 0 spiro atoms. The standard InChI is InChI=1S/C72H130N12O13S/c1-29-32-34-48(16)59(85)58-63(89)75-51(31-3)65(91)84(28)71(98-37-33-35-77(21)47(14)15)70(96)81(25)55(41-72(19,20)97-36-30-2)62(88)76-56(45(10)11)68(94)78(22)52(38-42(4)5)61(87)73-49(17)60(86)74-50(18)64(90)79(23)53(39-43(6)7)66(92)80(24)54(40-44(8)9)67(93)82(26)57(46(12)13)69(95)83(58)27/h29-30,32,42-59,71,85H,2,31,33-41H2,1,3-28H3,(H,73,87)(H,74,86)(H,75,89)(H,76,88)/b32-29+/t48-,49+,50-,51+,52+,53+,54+,55+,56+,57+,58+,59-,71-/m1/s1. The summed E-state index contributed by atoms with van der Waals surface area (Å²) in [5.74, 6) is -9.70. The summed E-state index contributed by atoms with van der Waals surface area (Å²) in [6.45, 7) is 38.3. The van der Waals surface area contributed by atoms with Crippen LogP contribution < -0.4 is 21.3 Å². The van der Waals surface area contributed by atoms with Crippen LogP contribution >= 0.6 is 11.8 Å². The zero-order valence-corrected chi connectivity index (χ0v) is 65.6. The van der Waals surface area contributed by atoms with Gasteiger partial charge in [-0.05, 0) is 142 Å². The molecule has 0 unspecified atom stereocenters. The minimum absolute atomic E-state index is 0.0207. The molecule has 0 aromatic carbocycles. The highest BCUT2D eigenvalue weighted by Crippen LogP contribution is 2.29. The van der Waals surface area contributed by atoms with E-state index in [1.165, 1.54) is 92.6 Å². The minimum atomic E-state index is -1.66. The van der Waals surface area contributed by atoms with Crippen LogP contribution in [0.2, 0.25) is 0 Å². The first-order valence-electron chi connectivity index (χ1n) is 35.2. The number of allylic oxidation sites excluding steroid dienone is 2. The Labute approximate surface area is 592 Å². The number of aliphatic hydroxyl groups is 1. The maximum absolute atomic E-state index is 15.6. The first-order valence-corrected chi connectivity index (χ1v) is 36.3. The van der Waals surface area contributed by atoms with Crippen LogP contribution in [0.3, 0.4) is 0 Å². The van der Waals surface area contributed by atoms with Gasteiger partial charge in [-0.15, -0.1) is 18.3 Å². The molecule has 13 atom stereocenters. The van der Waals surface area contributed by atoms with Gasteiger partial charge in [0.2, 0.25) is 59.1 Å². The molecule has 98 heavy (non-hydrogen) atoms. The molecule has 0 aromatic heterocycles. The smallest absolute Gasteiger partial charge is 0.256 e. The molecule has 0 saturated carbocycles. The Morgan fingerprint density at radius 2 is 1.03 bits per heavy atom. The topological polar surface area (TPSA) is 291 Å². The third-order valence-electron chi connectivity index (χ3n) is 18.6. The maximum Gasteiger partial charge on any atom is 0.256 e. The second-order valence-corrected chi connectivity index (χ2v) is 31.1. The molecule has 1 fully saturated rings. The Morgan fingerprint density at radius 1 is 0.561 bits per heavy atom. The quantitative estimate of drug-likeness (QED) is 0.0599. The molecule has 0 aromatic rings. The number of rotatable bonds is 24. The van der Waals surface area contributed by atoms with Crippen molar-refractivity contribution in [3.63, 3.8) is 0 Å². The fraction of sp³-hybridized carbons (Fsp3) is 0.792. The van der Waals surface area contributed by atoms with Crippen molar-refractivity contribution >= 4 is 76.7 Å². The number of amides is 11. The van der Waals surface area contributed by atoms with Crippen molar-refractivity contribution < 1.29 is 62.6 Å². The van der Waals surface area contributed by atoms with E-state index < -0.39 is 160 Å². The number of hydrogen-bond acceptors (Lipinski definition) is 15. The Kier molecular flexibility index (Phi) is 38.1. The summed E-state index contributed by atoms with van der Waals surface area (Å²) in [5, 5.41) is 22.2. The number of ether oxygens (including phenoxy) is 1. The van der Waals surface area contributed by atoms with Gasteiger partial charge in [-0.25, -0.2) is 0 Å². The van der Waals surface area contributed by atoms with E-state index in [1.807, 2.05) is 54.7 Å². The molecule has 26 heteroatoms. The zero-order chi connectivity index (χ0) is 75.9. The Hall–Kier alpha value is -6.12. The average molecular weight is 1400 g/mol. The van der Waals surface area contributed by atoms with Crippen LogP contribution in [0.5, 0.6) is 0 Å². The summed E-state index contributed by atoms with van der Waals surface area (Å²) in [6.07, 6.45) is 4.73. The van der Waals surface area contributed by atoms with Crippen molar-refractivity contribution in [2.24, 2.45) is 35.5 Å². The van der Waals surface area contributed by atoms with E-state index in [1.54, 1.807) is 74.5 Å². The number of thioether (sulfide) groups is 1. The number of aliphatic hydroxyl groups excluding tert-OH is 1. The van der Waals surface area contributed by atoms with Crippen LogP contribution in [0.1, 0.15) is 176 Å². The van der Waals surface area contributed by atoms with E-state index in [9.17, 15) is 19.5 Å². The molecule has 1 aliphatic heterocycles. The van der Waals surface area contributed by atoms with E-state index in [0.717, 1.165) is 16.7 Å². The summed E-state index contributed by atoms with van der Waals surface area (Å²) >= 11 is 1.16. The fourth-order valence-electron chi connectivity index (χ4n) is 12.0. The van der Waals surface area contributed by atoms with E-state index >= 15 is 38.4 Å². The second-order valence-electron chi connectivity index (χ2n) is 29.9. The Balaban J connectivity index is 4.66. The second kappa shape index (κ2) is 41.6. The largest absolute Gasteiger partial charge is 0.390 e. The summed E-state index contributed by atoms with van der Waals surface area (Å²) in [6, 6.07) is -12.8. The molecule has 1 saturated heterocycles. The van der Waals surface area contributed by atoms with E-state index in [4.69, 9.17) is 4.74 Å². The van der Waals surface area contributed by atoms with E-state index in [2.05, 4.69) is 46.6 Å².